The Hall–Kier alpha value is -1.87. The van der Waals surface area contributed by atoms with E-state index in [1.165, 1.54) is 0 Å². The fraction of sp³-hybridized carbons (Fsp3) is 0.0769. The van der Waals surface area contributed by atoms with Gasteiger partial charge in [0.25, 0.3) is 0 Å². The third-order valence-electron chi connectivity index (χ3n) is 2.33. The van der Waals surface area contributed by atoms with E-state index in [0.717, 1.165) is 17.5 Å². The van der Waals surface area contributed by atoms with Crippen LogP contribution in [-0.4, -0.2) is 16.1 Å². The molecule has 0 aliphatic carbocycles. The van der Waals surface area contributed by atoms with Crippen LogP contribution in [0.5, 0.6) is 0 Å². The second kappa shape index (κ2) is 6.01. The topological polar surface area (TPSA) is 50.2 Å². The van der Waals surface area contributed by atoms with E-state index in [9.17, 15) is 4.79 Å². The maximum Gasteiger partial charge on any atom is 0.335 e. The van der Waals surface area contributed by atoms with Gasteiger partial charge in [-0.1, -0.05) is 18.2 Å². The van der Waals surface area contributed by atoms with Crippen molar-refractivity contribution in [2.45, 2.75) is 6.42 Å². The lowest BCUT2D eigenvalue weighted by Crippen LogP contribution is -1.96. The zero-order valence-electron chi connectivity index (χ0n) is 9.04. The summed E-state index contributed by atoms with van der Waals surface area (Å²) < 4.78 is 0. The van der Waals surface area contributed by atoms with Crippen LogP contribution in [0.1, 0.15) is 21.5 Å². The van der Waals surface area contributed by atoms with E-state index in [-0.39, 0.29) is 12.4 Å². The largest absolute Gasteiger partial charge is 0.478 e. The minimum Gasteiger partial charge on any atom is -0.478 e. The first-order valence-corrected chi connectivity index (χ1v) is 4.97. The van der Waals surface area contributed by atoms with Gasteiger partial charge in [0.1, 0.15) is 0 Å². The van der Waals surface area contributed by atoms with Crippen LogP contribution >= 0.6 is 12.4 Å². The lowest BCUT2D eigenvalue weighted by Gasteiger charge is -2.01. The van der Waals surface area contributed by atoms with Crippen molar-refractivity contribution >= 4 is 18.4 Å². The van der Waals surface area contributed by atoms with Gasteiger partial charge in [0.2, 0.25) is 0 Å². The van der Waals surface area contributed by atoms with E-state index in [0.29, 0.717) is 5.56 Å². The highest BCUT2D eigenvalue weighted by atomic mass is 35.5. The Kier molecular flexibility index (Phi) is 4.67. The Morgan fingerprint density at radius 3 is 2.35 bits per heavy atom. The van der Waals surface area contributed by atoms with E-state index in [4.69, 9.17) is 5.11 Å². The Morgan fingerprint density at radius 2 is 1.82 bits per heavy atom. The van der Waals surface area contributed by atoms with Gasteiger partial charge in [-0.3, -0.25) is 4.98 Å². The smallest absolute Gasteiger partial charge is 0.335 e. The first-order chi connectivity index (χ1) is 7.75. The number of nitrogens with zero attached hydrogens (tertiary/aromatic N) is 1. The molecule has 4 heteroatoms. The van der Waals surface area contributed by atoms with E-state index in [1.807, 2.05) is 30.5 Å². The van der Waals surface area contributed by atoms with Crippen molar-refractivity contribution in [3.8, 4) is 0 Å². The number of benzene rings is 1. The maximum absolute atomic E-state index is 10.7. The van der Waals surface area contributed by atoms with Crippen molar-refractivity contribution in [3.63, 3.8) is 0 Å². The molecule has 0 bridgehead atoms. The number of hydrogen-bond acceptors (Lipinski definition) is 2. The Balaban J connectivity index is 0.00000144. The Bertz CT molecular complexity index is 483. The van der Waals surface area contributed by atoms with E-state index in [1.54, 1.807) is 18.3 Å². The normalized spacial score (nSPS) is 9.41. The van der Waals surface area contributed by atoms with Gasteiger partial charge in [-0.25, -0.2) is 4.79 Å². The molecule has 2 aromatic rings. The summed E-state index contributed by atoms with van der Waals surface area (Å²) >= 11 is 0. The van der Waals surface area contributed by atoms with E-state index >= 15 is 0 Å². The van der Waals surface area contributed by atoms with Crippen LogP contribution < -0.4 is 0 Å². The highest BCUT2D eigenvalue weighted by Crippen LogP contribution is 2.09. The van der Waals surface area contributed by atoms with Crippen molar-refractivity contribution in [2.24, 2.45) is 0 Å². The molecule has 1 N–H and O–H groups in total. The first kappa shape index (κ1) is 13.2. The Morgan fingerprint density at radius 1 is 1.12 bits per heavy atom. The molecule has 0 spiro atoms. The molecule has 0 unspecified atom stereocenters. The highest BCUT2D eigenvalue weighted by molar-refractivity contribution is 5.87. The summed E-state index contributed by atoms with van der Waals surface area (Å²) in [6.45, 7) is 0. The molecule has 0 aliphatic rings. The molecule has 0 fully saturated rings. The number of carboxylic acids is 1. The number of aromatic nitrogens is 1. The number of aromatic carboxylic acids is 1. The highest BCUT2D eigenvalue weighted by Gasteiger charge is 2.02. The van der Waals surface area contributed by atoms with Gasteiger partial charge in [0.15, 0.2) is 0 Å². The van der Waals surface area contributed by atoms with Gasteiger partial charge >= 0.3 is 5.97 Å². The maximum atomic E-state index is 10.7. The van der Waals surface area contributed by atoms with Crippen molar-refractivity contribution in [3.05, 3.63) is 65.5 Å². The van der Waals surface area contributed by atoms with Crippen molar-refractivity contribution in [1.29, 1.82) is 0 Å². The Labute approximate surface area is 106 Å². The molecule has 2 rings (SSSR count). The fourth-order valence-corrected chi connectivity index (χ4v) is 1.50. The molecular formula is C13H12ClNO2. The average molecular weight is 250 g/mol. The summed E-state index contributed by atoms with van der Waals surface area (Å²) in [4.78, 5) is 14.7. The minimum atomic E-state index is -0.895. The summed E-state index contributed by atoms with van der Waals surface area (Å²) in [7, 11) is 0. The van der Waals surface area contributed by atoms with Crippen LogP contribution in [0.2, 0.25) is 0 Å². The van der Waals surface area contributed by atoms with Crippen LogP contribution in [0.25, 0.3) is 0 Å². The predicted octanol–water partition coefficient (Wildman–Crippen LogP) is 2.79. The van der Waals surface area contributed by atoms with Crippen molar-refractivity contribution in [2.75, 3.05) is 0 Å². The summed E-state index contributed by atoms with van der Waals surface area (Å²) in [6.07, 6.45) is 4.32. The van der Waals surface area contributed by atoms with Gasteiger partial charge < -0.3 is 5.11 Å². The zero-order chi connectivity index (χ0) is 11.4. The SMILES string of the molecule is Cl.O=C(O)c1ccc(Cc2cccnc2)cc1. The number of halogens is 1. The first-order valence-electron chi connectivity index (χ1n) is 4.97. The molecule has 17 heavy (non-hydrogen) atoms. The molecule has 1 aromatic heterocycles. The molecule has 0 atom stereocenters. The number of hydrogen-bond donors (Lipinski definition) is 1. The van der Waals surface area contributed by atoms with Crippen LogP contribution in [0.3, 0.4) is 0 Å². The van der Waals surface area contributed by atoms with Gasteiger partial charge in [-0.2, -0.15) is 0 Å². The molecule has 3 nitrogen and oxygen atoms in total. The molecule has 0 radical (unpaired) electrons. The second-order valence-electron chi connectivity index (χ2n) is 3.54. The summed E-state index contributed by atoms with van der Waals surface area (Å²) in [5, 5.41) is 8.76. The lowest BCUT2D eigenvalue weighted by molar-refractivity contribution is 0.0697. The third kappa shape index (κ3) is 3.57. The standard InChI is InChI=1S/C13H11NO2.ClH/c15-13(16)12-5-3-10(4-6-12)8-11-2-1-7-14-9-11;/h1-7,9H,8H2,(H,15,16);1H. The number of rotatable bonds is 3. The molecule has 0 aliphatic heterocycles. The van der Waals surface area contributed by atoms with Crippen LogP contribution in [0, 0.1) is 0 Å². The molecule has 88 valence electrons. The lowest BCUT2D eigenvalue weighted by atomic mass is 10.1. The summed E-state index contributed by atoms with van der Waals surface area (Å²) in [5.41, 5.74) is 2.51. The van der Waals surface area contributed by atoms with Crippen LogP contribution in [0.15, 0.2) is 48.8 Å². The van der Waals surface area contributed by atoms with Gasteiger partial charge in [0.05, 0.1) is 5.56 Å². The molecule has 0 amide bonds. The predicted molar refractivity (Wildman–Crippen MR) is 67.7 cm³/mol. The number of carbonyl (C=O) groups is 1. The fourth-order valence-electron chi connectivity index (χ4n) is 1.50. The molecule has 0 saturated heterocycles. The van der Waals surface area contributed by atoms with Crippen molar-refractivity contribution < 1.29 is 9.90 Å². The van der Waals surface area contributed by atoms with Crippen LogP contribution in [0.4, 0.5) is 0 Å². The number of carboxylic acid groups (broad SMARTS) is 1. The van der Waals surface area contributed by atoms with E-state index < -0.39 is 5.97 Å². The average Bonchev–Trinajstić information content (AvgIpc) is 2.31. The van der Waals surface area contributed by atoms with Gasteiger partial charge in [0, 0.05) is 12.4 Å². The summed E-state index contributed by atoms with van der Waals surface area (Å²) in [5.74, 6) is -0.895. The van der Waals surface area contributed by atoms with Gasteiger partial charge in [-0.15, -0.1) is 12.4 Å². The molecule has 1 aromatic carbocycles. The quantitative estimate of drug-likeness (QED) is 0.910. The molecule has 1 heterocycles. The minimum absolute atomic E-state index is 0. The third-order valence-corrected chi connectivity index (χ3v) is 2.33. The number of pyridine rings is 1. The molecular weight excluding hydrogens is 238 g/mol. The zero-order valence-corrected chi connectivity index (χ0v) is 9.85. The molecule has 0 saturated carbocycles. The van der Waals surface area contributed by atoms with Crippen LogP contribution in [-0.2, 0) is 6.42 Å². The van der Waals surface area contributed by atoms with Crippen molar-refractivity contribution in [1.82, 2.24) is 4.98 Å². The monoisotopic (exact) mass is 249 g/mol. The second-order valence-corrected chi connectivity index (χ2v) is 3.54. The van der Waals surface area contributed by atoms with Gasteiger partial charge in [-0.05, 0) is 35.7 Å². The summed E-state index contributed by atoms with van der Waals surface area (Å²) in [6, 6.07) is 10.8. The van der Waals surface area contributed by atoms with E-state index in [2.05, 4.69) is 4.98 Å².